The van der Waals surface area contributed by atoms with E-state index in [2.05, 4.69) is 10.4 Å². The van der Waals surface area contributed by atoms with Gasteiger partial charge in [0, 0.05) is 30.1 Å². The Morgan fingerprint density at radius 2 is 1.97 bits per heavy atom. The van der Waals surface area contributed by atoms with Crippen molar-refractivity contribution in [3.63, 3.8) is 0 Å². The van der Waals surface area contributed by atoms with E-state index in [4.69, 9.17) is 28.9 Å². The van der Waals surface area contributed by atoms with E-state index < -0.39 is 12.2 Å². The molecule has 1 atom stereocenters. The molecule has 2 N–H and O–H groups in total. The van der Waals surface area contributed by atoms with E-state index >= 15 is 0 Å². The number of morpholine rings is 1. The van der Waals surface area contributed by atoms with Crippen molar-refractivity contribution >= 4 is 28.6 Å². The van der Waals surface area contributed by atoms with Gasteiger partial charge in [-0.25, -0.2) is 14.8 Å². The Hall–Kier alpha value is -4.32. The second-order valence-corrected chi connectivity index (χ2v) is 8.12. The first-order chi connectivity index (χ1) is 17.5. The van der Waals surface area contributed by atoms with Crippen LogP contribution in [0.5, 0.6) is 17.2 Å². The molecule has 2 aromatic carbocycles. The molecular weight excluding hydrogens is 468 g/mol. The minimum absolute atomic E-state index is 0.146. The molecule has 3 heterocycles. The van der Waals surface area contributed by atoms with E-state index in [0.29, 0.717) is 53.3 Å². The van der Waals surface area contributed by atoms with Crippen molar-refractivity contribution in [3.05, 3.63) is 47.8 Å². The van der Waals surface area contributed by atoms with Gasteiger partial charge in [0.15, 0.2) is 11.5 Å². The molecule has 0 bridgehead atoms. The van der Waals surface area contributed by atoms with Crippen LogP contribution in [0.15, 0.2) is 36.4 Å². The first-order valence-corrected chi connectivity index (χ1v) is 11.3. The van der Waals surface area contributed by atoms with Gasteiger partial charge in [-0.2, -0.15) is 4.52 Å². The number of fused-ring (bicyclic) bond motifs is 3. The SMILES string of the molecule is COc1ccc(CNc2nc3c(OC)cccc3c3nc([C@H]4CN(C(=O)O)CCO4)nn23)c(OC)c1. The lowest BCUT2D eigenvalue weighted by atomic mass is 10.2. The lowest BCUT2D eigenvalue weighted by Gasteiger charge is -2.29. The van der Waals surface area contributed by atoms with Gasteiger partial charge in [-0.1, -0.05) is 6.07 Å². The Bertz CT molecular complexity index is 1420. The molecule has 5 rings (SSSR count). The van der Waals surface area contributed by atoms with Crippen LogP contribution in [0, 0.1) is 0 Å². The van der Waals surface area contributed by atoms with Crippen LogP contribution in [0.3, 0.4) is 0 Å². The summed E-state index contributed by atoms with van der Waals surface area (Å²) in [6.07, 6.45) is -1.59. The van der Waals surface area contributed by atoms with Gasteiger partial charge in [-0.3, -0.25) is 0 Å². The third kappa shape index (κ3) is 4.26. The number of amides is 1. The molecule has 0 aliphatic carbocycles. The van der Waals surface area contributed by atoms with Crippen LogP contribution in [0.2, 0.25) is 0 Å². The number of benzene rings is 2. The van der Waals surface area contributed by atoms with Gasteiger partial charge >= 0.3 is 6.09 Å². The van der Waals surface area contributed by atoms with Crippen LogP contribution in [0.4, 0.5) is 10.7 Å². The summed E-state index contributed by atoms with van der Waals surface area (Å²) in [7, 11) is 4.79. The van der Waals surface area contributed by atoms with Crippen LogP contribution < -0.4 is 19.5 Å². The predicted octanol–water partition coefficient (Wildman–Crippen LogP) is 2.97. The van der Waals surface area contributed by atoms with E-state index in [9.17, 15) is 9.90 Å². The van der Waals surface area contributed by atoms with Crippen molar-refractivity contribution in [3.8, 4) is 17.2 Å². The lowest BCUT2D eigenvalue weighted by Crippen LogP contribution is -2.41. The number of carbonyl (C=O) groups is 1. The highest BCUT2D eigenvalue weighted by Gasteiger charge is 2.29. The normalized spacial score (nSPS) is 15.8. The fourth-order valence-electron chi connectivity index (χ4n) is 4.19. The maximum absolute atomic E-state index is 11.5. The van der Waals surface area contributed by atoms with Crippen LogP contribution in [-0.4, -0.2) is 76.7 Å². The molecule has 1 fully saturated rings. The van der Waals surface area contributed by atoms with Crippen molar-refractivity contribution < 1.29 is 28.8 Å². The molecule has 0 spiro atoms. The van der Waals surface area contributed by atoms with Crippen LogP contribution in [0.25, 0.3) is 16.6 Å². The van der Waals surface area contributed by atoms with Gasteiger partial charge < -0.3 is 34.3 Å². The third-order valence-electron chi connectivity index (χ3n) is 6.06. The summed E-state index contributed by atoms with van der Waals surface area (Å²) in [5.74, 6) is 2.76. The average Bonchev–Trinajstić information content (AvgIpc) is 3.37. The Kier molecular flexibility index (Phi) is 6.34. The molecule has 2 aromatic heterocycles. The highest BCUT2D eigenvalue weighted by atomic mass is 16.5. The number of methoxy groups -OCH3 is 3. The summed E-state index contributed by atoms with van der Waals surface area (Å²) >= 11 is 0. The summed E-state index contributed by atoms with van der Waals surface area (Å²) in [5.41, 5.74) is 2.06. The van der Waals surface area contributed by atoms with Crippen LogP contribution in [0.1, 0.15) is 17.5 Å². The van der Waals surface area contributed by atoms with Crippen LogP contribution >= 0.6 is 0 Å². The number of para-hydroxylation sites is 1. The van der Waals surface area contributed by atoms with Crippen molar-refractivity contribution in [1.82, 2.24) is 24.5 Å². The third-order valence-corrected chi connectivity index (χ3v) is 6.06. The number of rotatable bonds is 7. The smallest absolute Gasteiger partial charge is 0.407 e. The molecule has 1 saturated heterocycles. The molecule has 1 amide bonds. The molecule has 0 radical (unpaired) electrons. The number of aromatic nitrogens is 4. The highest BCUT2D eigenvalue weighted by molar-refractivity contribution is 5.96. The molecule has 0 saturated carbocycles. The summed E-state index contributed by atoms with van der Waals surface area (Å²) < 4.78 is 23.8. The zero-order chi connectivity index (χ0) is 25.2. The minimum Gasteiger partial charge on any atom is -0.497 e. The number of hydrogen-bond donors (Lipinski definition) is 2. The molecule has 1 aliphatic rings. The molecule has 12 nitrogen and oxygen atoms in total. The fraction of sp³-hybridized carbons (Fsp3) is 0.333. The quantitative estimate of drug-likeness (QED) is 0.395. The summed E-state index contributed by atoms with van der Waals surface area (Å²) in [6.45, 7) is 1.10. The minimum atomic E-state index is -1.00. The zero-order valence-electron chi connectivity index (χ0n) is 20.1. The Labute approximate surface area is 206 Å². The summed E-state index contributed by atoms with van der Waals surface area (Å²) in [6, 6.07) is 11.1. The van der Waals surface area contributed by atoms with Gasteiger partial charge in [0.25, 0.3) is 0 Å². The number of ether oxygens (including phenoxy) is 4. The standard InChI is InChI=1S/C24H26N6O6/c1-33-15-8-7-14(18(11-15)35-3)12-25-23-26-20-16(5-4-6-17(20)34-2)22-27-21(28-30(22)23)19-13-29(24(31)32)9-10-36-19/h4-8,11,19H,9-10,12-13H2,1-3H3,(H,25,26)(H,31,32)/t19-/m1/s1. The van der Waals surface area contributed by atoms with E-state index in [1.54, 1.807) is 25.8 Å². The zero-order valence-corrected chi connectivity index (χ0v) is 20.1. The van der Waals surface area contributed by atoms with E-state index in [-0.39, 0.29) is 13.2 Å². The monoisotopic (exact) mass is 494 g/mol. The molecule has 12 heteroatoms. The lowest BCUT2D eigenvalue weighted by molar-refractivity contribution is -0.0272. The first kappa shape index (κ1) is 23.4. The Morgan fingerprint density at radius 3 is 2.72 bits per heavy atom. The van der Waals surface area contributed by atoms with Gasteiger partial charge in [-0.05, 0) is 24.3 Å². The summed E-state index contributed by atoms with van der Waals surface area (Å²) in [4.78, 5) is 22.3. The number of nitrogens with zero attached hydrogens (tertiary/aromatic N) is 5. The number of nitrogens with one attached hydrogen (secondary N) is 1. The second kappa shape index (κ2) is 9.74. The maximum Gasteiger partial charge on any atom is 0.407 e. The molecule has 0 unspecified atom stereocenters. The Balaban J connectivity index is 1.57. The van der Waals surface area contributed by atoms with Crippen molar-refractivity contribution in [2.75, 3.05) is 46.3 Å². The van der Waals surface area contributed by atoms with Gasteiger partial charge in [0.05, 0.1) is 34.5 Å². The maximum atomic E-state index is 11.5. The van der Waals surface area contributed by atoms with E-state index in [0.717, 1.165) is 10.9 Å². The summed E-state index contributed by atoms with van der Waals surface area (Å²) in [5, 5.41) is 18.1. The first-order valence-electron chi connectivity index (χ1n) is 11.3. The number of carboxylic acid groups (broad SMARTS) is 1. The molecule has 188 valence electrons. The predicted molar refractivity (Wildman–Crippen MR) is 130 cm³/mol. The van der Waals surface area contributed by atoms with Gasteiger partial charge in [-0.15, -0.1) is 5.10 Å². The second-order valence-electron chi connectivity index (χ2n) is 8.12. The van der Waals surface area contributed by atoms with Gasteiger partial charge in [0.1, 0.15) is 28.9 Å². The van der Waals surface area contributed by atoms with E-state index in [1.807, 2.05) is 36.4 Å². The van der Waals surface area contributed by atoms with Crippen molar-refractivity contribution in [2.45, 2.75) is 12.6 Å². The molecule has 36 heavy (non-hydrogen) atoms. The van der Waals surface area contributed by atoms with Crippen LogP contribution in [-0.2, 0) is 11.3 Å². The number of hydrogen-bond acceptors (Lipinski definition) is 9. The average molecular weight is 495 g/mol. The topological polar surface area (TPSA) is 133 Å². The van der Waals surface area contributed by atoms with Gasteiger partial charge in [0.2, 0.25) is 5.95 Å². The highest BCUT2D eigenvalue weighted by Crippen LogP contribution is 2.31. The molecule has 4 aromatic rings. The van der Waals surface area contributed by atoms with Crippen molar-refractivity contribution in [1.29, 1.82) is 0 Å². The Morgan fingerprint density at radius 1 is 1.14 bits per heavy atom. The number of anilines is 1. The largest absolute Gasteiger partial charge is 0.497 e. The molecular formula is C24H26N6O6. The fourth-order valence-corrected chi connectivity index (χ4v) is 4.19. The molecule has 1 aliphatic heterocycles. The van der Waals surface area contributed by atoms with Crippen molar-refractivity contribution in [2.24, 2.45) is 0 Å². The van der Waals surface area contributed by atoms with E-state index in [1.165, 1.54) is 4.90 Å².